The number of piperidine rings is 1. The van der Waals surface area contributed by atoms with E-state index in [4.69, 9.17) is 0 Å². The van der Waals surface area contributed by atoms with E-state index < -0.39 is 10.0 Å². The predicted octanol–water partition coefficient (Wildman–Crippen LogP) is 3.09. The lowest BCUT2D eigenvalue weighted by molar-refractivity contribution is -0.116. The lowest BCUT2D eigenvalue weighted by atomic mass is 10.1. The van der Waals surface area contributed by atoms with Crippen molar-refractivity contribution in [3.05, 3.63) is 40.7 Å². The summed E-state index contributed by atoms with van der Waals surface area (Å²) in [7, 11) is -1.65. The van der Waals surface area contributed by atoms with Gasteiger partial charge in [0.25, 0.3) is 0 Å². The number of nitrogens with one attached hydrogen (secondary N) is 1. The van der Waals surface area contributed by atoms with Gasteiger partial charge in [-0.3, -0.25) is 9.48 Å². The number of hydrogen-bond acceptors (Lipinski definition) is 4. The van der Waals surface area contributed by atoms with Crippen LogP contribution in [0, 0.1) is 20.8 Å². The van der Waals surface area contributed by atoms with Crippen molar-refractivity contribution in [2.24, 2.45) is 7.05 Å². The molecule has 2 heterocycles. The zero-order valence-corrected chi connectivity index (χ0v) is 18.5. The van der Waals surface area contributed by atoms with Crippen molar-refractivity contribution in [3.8, 4) is 0 Å². The maximum Gasteiger partial charge on any atom is 0.243 e. The van der Waals surface area contributed by atoms with Gasteiger partial charge in [-0.1, -0.05) is 12.5 Å². The van der Waals surface area contributed by atoms with Gasteiger partial charge >= 0.3 is 0 Å². The summed E-state index contributed by atoms with van der Waals surface area (Å²) in [6.07, 6.45) is 3.76. The smallest absolute Gasteiger partial charge is 0.243 e. The average molecular weight is 419 g/mol. The van der Waals surface area contributed by atoms with Gasteiger partial charge in [0.2, 0.25) is 15.9 Å². The third kappa shape index (κ3) is 4.70. The minimum absolute atomic E-state index is 0.141. The van der Waals surface area contributed by atoms with Gasteiger partial charge in [0, 0.05) is 37.9 Å². The number of aryl methyl sites for hydroxylation is 3. The molecule has 0 radical (unpaired) electrons. The molecule has 1 aliphatic heterocycles. The molecule has 7 nitrogen and oxygen atoms in total. The summed E-state index contributed by atoms with van der Waals surface area (Å²) < 4.78 is 29.4. The van der Waals surface area contributed by atoms with Gasteiger partial charge in [0.1, 0.15) is 0 Å². The summed E-state index contributed by atoms with van der Waals surface area (Å²) in [4.78, 5) is 12.7. The average Bonchev–Trinajstić information content (AvgIpc) is 2.93. The zero-order chi connectivity index (χ0) is 21.2. The van der Waals surface area contributed by atoms with Crippen molar-refractivity contribution < 1.29 is 13.2 Å². The van der Waals surface area contributed by atoms with Crippen LogP contribution in [0.2, 0.25) is 0 Å². The molecule has 158 valence electrons. The fraction of sp³-hybridized carbons (Fsp3) is 0.524. The van der Waals surface area contributed by atoms with E-state index in [0.717, 1.165) is 36.2 Å². The number of benzene rings is 1. The fourth-order valence-electron chi connectivity index (χ4n) is 3.84. The molecule has 0 unspecified atom stereocenters. The highest BCUT2D eigenvalue weighted by Gasteiger charge is 2.27. The van der Waals surface area contributed by atoms with Crippen LogP contribution >= 0.6 is 0 Å². The Morgan fingerprint density at radius 2 is 1.83 bits per heavy atom. The van der Waals surface area contributed by atoms with E-state index >= 15 is 0 Å². The number of anilines is 1. The molecule has 8 heteroatoms. The molecule has 2 aromatic rings. The molecule has 1 fully saturated rings. The van der Waals surface area contributed by atoms with Gasteiger partial charge in [0.05, 0.1) is 10.6 Å². The Kier molecular flexibility index (Phi) is 6.43. The SMILES string of the molecule is Cc1ccc(NC(=O)CCc2c(C)nn(C)c2C)cc1S(=O)(=O)N1CCCCC1. The van der Waals surface area contributed by atoms with E-state index in [1.54, 1.807) is 29.4 Å². The first-order valence-electron chi connectivity index (χ1n) is 10.1. The van der Waals surface area contributed by atoms with Crippen LogP contribution in [0.5, 0.6) is 0 Å². The van der Waals surface area contributed by atoms with Gasteiger partial charge in [-0.05, 0) is 63.3 Å². The maximum atomic E-state index is 13.0. The lowest BCUT2D eigenvalue weighted by Gasteiger charge is -2.26. The van der Waals surface area contributed by atoms with Crippen LogP contribution in [0.3, 0.4) is 0 Å². The van der Waals surface area contributed by atoms with Gasteiger partial charge in [-0.2, -0.15) is 9.40 Å². The molecule has 1 saturated heterocycles. The Bertz CT molecular complexity index is 1010. The van der Waals surface area contributed by atoms with Crippen LogP contribution in [0.15, 0.2) is 23.1 Å². The Balaban J connectivity index is 1.71. The number of hydrogen-bond donors (Lipinski definition) is 1. The molecule has 0 bridgehead atoms. The van der Waals surface area contributed by atoms with E-state index in [-0.39, 0.29) is 10.8 Å². The molecule has 29 heavy (non-hydrogen) atoms. The quantitative estimate of drug-likeness (QED) is 0.781. The van der Waals surface area contributed by atoms with Crippen molar-refractivity contribution in [2.75, 3.05) is 18.4 Å². The van der Waals surface area contributed by atoms with E-state index in [0.29, 0.717) is 37.2 Å². The highest BCUT2D eigenvalue weighted by molar-refractivity contribution is 7.89. The molecular formula is C21H30N4O3S. The van der Waals surface area contributed by atoms with E-state index in [1.165, 1.54) is 0 Å². The van der Waals surface area contributed by atoms with Crippen LogP contribution in [-0.2, 0) is 28.3 Å². The highest BCUT2D eigenvalue weighted by Crippen LogP contribution is 2.26. The minimum atomic E-state index is -3.54. The minimum Gasteiger partial charge on any atom is -0.326 e. The van der Waals surface area contributed by atoms with Crippen molar-refractivity contribution in [3.63, 3.8) is 0 Å². The third-order valence-electron chi connectivity index (χ3n) is 5.67. The van der Waals surface area contributed by atoms with E-state index in [2.05, 4.69) is 10.4 Å². The number of amides is 1. The van der Waals surface area contributed by atoms with Crippen LogP contribution in [0.25, 0.3) is 0 Å². The van der Waals surface area contributed by atoms with Crippen LogP contribution < -0.4 is 5.32 Å². The van der Waals surface area contributed by atoms with Crippen LogP contribution in [0.4, 0.5) is 5.69 Å². The third-order valence-corrected chi connectivity index (χ3v) is 7.71. The zero-order valence-electron chi connectivity index (χ0n) is 17.7. The van der Waals surface area contributed by atoms with Gasteiger partial charge in [-0.25, -0.2) is 8.42 Å². The van der Waals surface area contributed by atoms with Crippen molar-refractivity contribution >= 4 is 21.6 Å². The molecule has 1 aliphatic rings. The molecule has 1 aromatic heterocycles. The van der Waals surface area contributed by atoms with Crippen molar-refractivity contribution in [1.29, 1.82) is 0 Å². The molecule has 1 amide bonds. The molecule has 3 rings (SSSR count). The largest absolute Gasteiger partial charge is 0.326 e. The standard InChI is InChI=1S/C21H30N4O3S/c1-15-8-9-18(14-20(15)29(27,28)25-12-6-5-7-13-25)22-21(26)11-10-19-16(2)23-24(4)17(19)3/h8-9,14H,5-7,10-13H2,1-4H3,(H,22,26). The summed E-state index contributed by atoms with van der Waals surface area (Å²) >= 11 is 0. The Labute approximate surface area is 173 Å². The van der Waals surface area contributed by atoms with Gasteiger partial charge < -0.3 is 5.32 Å². The summed E-state index contributed by atoms with van der Waals surface area (Å²) in [5, 5.41) is 7.23. The predicted molar refractivity (Wildman–Crippen MR) is 113 cm³/mol. The van der Waals surface area contributed by atoms with Crippen molar-refractivity contribution in [1.82, 2.24) is 14.1 Å². The molecule has 0 spiro atoms. The van der Waals surface area contributed by atoms with Gasteiger partial charge in [0.15, 0.2) is 0 Å². The topological polar surface area (TPSA) is 84.3 Å². The fourth-order valence-corrected chi connectivity index (χ4v) is 5.61. The Morgan fingerprint density at radius 3 is 2.45 bits per heavy atom. The molecule has 1 aromatic carbocycles. The number of rotatable bonds is 6. The van der Waals surface area contributed by atoms with Crippen molar-refractivity contribution in [2.45, 2.75) is 57.8 Å². The Hall–Kier alpha value is -2.19. The lowest BCUT2D eigenvalue weighted by Crippen LogP contribution is -2.36. The number of sulfonamides is 1. The molecule has 0 atom stereocenters. The number of aromatic nitrogens is 2. The molecule has 0 aliphatic carbocycles. The first-order chi connectivity index (χ1) is 13.7. The highest BCUT2D eigenvalue weighted by atomic mass is 32.2. The first kappa shape index (κ1) is 21.5. The van der Waals surface area contributed by atoms with Crippen LogP contribution in [0.1, 0.15) is 48.2 Å². The van der Waals surface area contributed by atoms with E-state index in [9.17, 15) is 13.2 Å². The molecule has 1 N–H and O–H groups in total. The number of carbonyl (C=O) groups is 1. The second-order valence-corrected chi connectivity index (χ2v) is 9.67. The summed E-state index contributed by atoms with van der Waals surface area (Å²) in [5.74, 6) is -0.141. The second kappa shape index (κ2) is 8.67. The molecular weight excluding hydrogens is 388 g/mol. The normalized spacial score (nSPS) is 15.4. The first-order valence-corrected chi connectivity index (χ1v) is 11.5. The van der Waals surface area contributed by atoms with Crippen LogP contribution in [-0.4, -0.2) is 41.5 Å². The summed E-state index contributed by atoms with van der Waals surface area (Å²) in [5.41, 5.74) is 4.27. The maximum absolute atomic E-state index is 13.0. The van der Waals surface area contributed by atoms with E-state index in [1.807, 2.05) is 25.6 Å². The Morgan fingerprint density at radius 1 is 1.14 bits per heavy atom. The monoisotopic (exact) mass is 418 g/mol. The second-order valence-electron chi connectivity index (χ2n) is 7.77. The number of nitrogens with zero attached hydrogens (tertiary/aromatic N) is 3. The number of carbonyl (C=O) groups excluding carboxylic acids is 1. The summed E-state index contributed by atoms with van der Waals surface area (Å²) in [6.45, 7) is 6.84. The molecule has 0 saturated carbocycles. The summed E-state index contributed by atoms with van der Waals surface area (Å²) in [6, 6.07) is 5.09. The van der Waals surface area contributed by atoms with Gasteiger partial charge in [-0.15, -0.1) is 0 Å².